The zero-order valence-electron chi connectivity index (χ0n) is 6.48. The molecule has 0 heterocycles. The Hall–Kier alpha value is -0.0500. The van der Waals surface area contributed by atoms with Crippen molar-refractivity contribution in [2.75, 3.05) is 26.8 Å². The maximum atomic E-state index is 5.43. The number of nitrogens with one attached hydrogen (secondary N) is 1. The first kappa shape index (κ1) is 9.95. The van der Waals surface area contributed by atoms with Gasteiger partial charge in [-0.15, -0.1) is 0 Å². The van der Waals surface area contributed by atoms with E-state index >= 15 is 0 Å². The van der Waals surface area contributed by atoms with Gasteiger partial charge >= 0.3 is 0 Å². The Kier molecular flexibility index (Phi) is 7.03. The lowest BCUT2D eigenvalue weighted by atomic mass is 10.3. The second kappa shape index (κ2) is 7.06. The van der Waals surface area contributed by atoms with Crippen LogP contribution in [0.4, 0.5) is 0 Å². The summed E-state index contributed by atoms with van der Waals surface area (Å²) < 4.78 is 4.84. The summed E-state index contributed by atoms with van der Waals surface area (Å²) in [6.07, 6.45) is 0. The van der Waals surface area contributed by atoms with Gasteiger partial charge in [0.25, 0.3) is 0 Å². The minimum Gasteiger partial charge on any atom is -0.383 e. The molecule has 0 aromatic carbocycles. The molecule has 0 bridgehead atoms. The van der Waals surface area contributed by atoms with Crippen molar-refractivity contribution in [2.24, 2.45) is 0 Å². The predicted octanol–water partition coefficient (Wildman–Crippen LogP) is 1.36. The molecule has 0 saturated carbocycles. The normalized spacial score (nSPS) is 12.1. The molecule has 0 radical (unpaired) electrons. The predicted molar refractivity (Wildman–Crippen MR) is 44.4 cm³/mol. The minimum atomic E-state index is 0.746. The fourth-order valence-electron chi connectivity index (χ4n) is 0.498. The van der Waals surface area contributed by atoms with Crippen LogP contribution >= 0.6 is 11.6 Å². The van der Waals surface area contributed by atoms with E-state index in [4.69, 9.17) is 16.3 Å². The summed E-state index contributed by atoms with van der Waals surface area (Å²) in [4.78, 5) is 0. The second-order valence-electron chi connectivity index (χ2n) is 2.13. The van der Waals surface area contributed by atoms with Gasteiger partial charge in [0, 0.05) is 25.7 Å². The lowest BCUT2D eigenvalue weighted by Crippen LogP contribution is -2.20. The molecular formula is C7H14ClNO. The Bertz CT molecular complexity index is 104. The van der Waals surface area contributed by atoms with E-state index in [9.17, 15) is 0 Å². The summed E-state index contributed by atoms with van der Waals surface area (Å²) in [7, 11) is 1.69. The van der Waals surface area contributed by atoms with Crippen molar-refractivity contribution in [3.63, 3.8) is 0 Å². The molecule has 0 aliphatic heterocycles. The van der Waals surface area contributed by atoms with E-state index in [2.05, 4.69) is 5.32 Å². The highest BCUT2D eigenvalue weighted by atomic mass is 35.5. The maximum absolute atomic E-state index is 5.43. The summed E-state index contributed by atoms with van der Waals surface area (Å²) >= 11 is 5.43. The van der Waals surface area contributed by atoms with Crippen LogP contribution in [0.25, 0.3) is 0 Å². The maximum Gasteiger partial charge on any atom is 0.0587 e. The van der Waals surface area contributed by atoms with Crippen LogP contribution in [0.15, 0.2) is 11.1 Å². The lowest BCUT2D eigenvalue weighted by Gasteiger charge is -2.01. The fraction of sp³-hybridized carbons (Fsp3) is 0.714. The summed E-state index contributed by atoms with van der Waals surface area (Å²) in [5, 5.41) is 3.16. The van der Waals surface area contributed by atoms with E-state index in [1.54, 1.807) is 12.6 Å². The Morgan fingerprint density at radius 3 is 2.90 bits per heavy atom. The van der Waals surface area contributed by atoms with Crippen LogP contribution in [-0.2, 0) is 4.74 Å². The summed E-state index contributed by atoms with van der Waals surface area (Å²) in [6.45, 7) is 4.44. The zero-order chi connectivity index (χ0) is 7.82. The molecule has 0 fully saturated rings. The van der Waals surface area contributed by atoms with Gasteiger partial charge in [-0.3, -0.25) is 0 Å². The van der Waals surface area contributed by atoms with Gasteiger partial charge in [0.15, 0.2) is 0 Å². The van der Waals surface area contributed by atoms with Crippen molar-refractivity contribution < 1.29 is 4.74 Å². The molecule has 0 atom stereocenters. The molecule has 1 N–H and O–H groups in total. The lowest BCUT2D eigenvalue weighted by molar-refractivity contribution is 0.200. The van der Waals surface area contributed by atoms with Gasteiger partial charge in [-0.25, -0.2) is 0 Å². The Morgan fingerprint density at radius 1 is 1.70 bits per heavy atom. The monoisotopic (exact) mass is 163 g/mol. The highest BCUT2D eigenvalue weighted by molar-refractivity contribution is 6.25. The van der Waals surface area contributed by atoms with E-state index in [1.165, 1.54) is 0 Å². The van der Waals surface area contributed by atoms with Gasteiger partial charge in [-0.1, -0.05) is 11.6 Å². The highest BCUT2D eigenvalue weighted by Gasteiger charge is 1.86. The Balaban J connectivity index is 3.04. The van der Waals surface area contributed by atoms with Crippen molar-refractivity contribution in [3.05, 3.63) is 11.1 Å². The highest BCUT2D eigenvalue weighted by Crippen LogP contribution is 1.91. The number of rotatable bonds is 5. The first-order valence-corrected chi connectivity index (χ1v) is 3.70. The van der Waals surface area contributed by atoms with Gasteiger partial charge in [0.2, 0.25) is 0 Å². The largest absolute Gasteiger partial charge is 0.383 e. The summed E-state index contributed by atoms with van der Waals surface area (Å²) in [5.41, 5.74) is 2.72. The molecule has 0 aliphatic rings. The third kappa shape index (κ3) is 6.08. The Labute approximate surface area is 67.2 Å². The van der Waals surface area contributed by atoms with Crippen LogP contribution in [-0.4, -0.2) is 26.8 Å². The van der Waals surface area contributed by atoms with E-state index in [0.717, 1.165) is 25.3 Å². The SMILES string of the molecule is COCCNCC(C)=CCl. The molecule has 60 valence electrons. The fourth-order valence-corrected chi connectivity index (χ4v) is 0.576. The molecule has 0 spiro atoms. The van der Waals surface area contributed by atoms with Crippen LogP contribution in [0.3, 0.4) is 0 Å². The molecule has 0 amide bonds. The number of methoxy groups -OCH3 is 1. The van der Waals surface area contributed by atoms with Gasteiger partial charge in [0.1, 0.15) is 0 Å². The molecule has 2 nitrogen and oxygen atoms in total. The minimum absolute atomic E-state index is 0.746. The van der Waals surface area contributed by atoms with E-state index in [-0.39, 0.29) is 0 Å². The molecular weight excluding hydrogens is 150 g/mol. The first-order valence-electron chi connectivity index (χ1n) is 3.26. The van der Waals surface area contributed by atoms with Crippen molar-refractivity contribution >= 4 is 11.6 Å². The second-order valence-corrected chi connectivity index (χ2v) is 2.34. The van der Waals surface area contributed by atoms with Crippen molar-refractivity contribution in [1.82, 2.24) is 5.32 Å². The molecule has 10 heavy (non-hydrogen) atoms. The quantitative estimate of drug-likeness (QED) is 0.619. The Morgan fingerprint density at radius 2 is 2.40 bits per heavy atom. The standard InChI is InChI=1S/C7H14ClNO/c1-7(5-8)6-9-3-4-10-2/h5,9H,3-4,6H2,1-2H3. The zero-order valence-corrected chi connectivity index (χ0v) is 7.24. The van der Waals surface area contributed by atoms with Crippen molar-refractivity contribution in [3.8, 4) is 0 Å². The van der Waals surface area contributed by atoms with Crippen molar-refractivity contribution in [1.29, 1.82) is 0 Å². The molecule has 0 aliphatic carbocycles. The van der Waals surface area contributed by atoms with E-state index in [1.807, 2.05) is 6.92 Å². The van der Waals surface area contributed by atoms with Gasteiger partial charge in [-0.05, 0) is 12.5 Å². The van der Waals surface area contributed by atoms with Crippen LogP contribution in [0.1, 0.15) is 6.92 Å². The number of hydrogen-bond donors (Lipinski definition) is 1. The number of halogens is 1. The molecule has 3 heteroatoms. The molecule has 0 rings (SSSR count). The van der Waals surface area contributed by atoms with Crippen LogP contribution in [0, 0.1) is 0 Å². The third-order valence-electron chi connectivity index (χ3n) is 1.07. The summed E-state index contributed by atoms with van der Waals surface area (Å²) in [5.74, 6) is 0. The summed E-state index contributed by atoms with van der Waals surface area (Å²) in [6, 6.07) is 0. The average molecular weight is 164 g/mol. The molecule has 0 aromatic heterocycles. The van der Waals surface area contributed by atoms with Crippen LogP contribution in [0.5, 0.6) is 0 Å². The topological polar surface area (TPSA) is 21.3 Å². The average Bonchev–Trinajstić information content (AvgIpc) is 1.98. The number of ether oxygens (including phenoxy) is 1. The molecule has 0 unspecified atom stereocenters. The van der Waals surface area contributed by atoms with Gasteiger partial charge < -0.3 is 10.1 Å². The first-order chi connectivity index (χ1) is 4.81. The van der Waals surface area contributed by atoms with Gasteiger partial charge in [-0.2, -0.15) is 0 Å². The third-order valence-corrected chi connectivity index (χ3v) is 1.45. The number of hydrogen-bond acceptors (Lipinski definition) is 2. The smallest absolute Gasteiger partial charge is 0.0587 e. The van der Waals surface area contributed by atoms with Crippen LogP contribution in [0.2, 0.25) is 0 Å². The molecule has 0 aromatic rings. The van der Waals surface area contributed by atoms with Crippen LogP contribution < -0.4 is 5.32 Å². The molecule has 0 saturated heterocycles. The van der Waals surface area contributed by atoms with E-state index in [0.29, 0.717) is 0 Å². The van der Waals surface area contributed by atoms with E-state index < -0.39 is 0 Å². The van der Waals surface area contributed by atoms with Crippen molar-refractivity contribution in [2.45, 2.75) is 6.92 Å². The van der Waals surface area contributed by atoms with Gasteiger partial charge in [0.05, 0.1) is 6.61 Å².